The molecule has 0 unspecified atom stereocenters. The molecule has 0 amide bonds. The molecule has 150 valence electrons. The number of pyridine rings is 1. The molecule has 2 N–H and O–H groups in total. The Balaban J connectivity index is 1.37. The maximum Gasteiger partial charge on any atom is 0.223 e. The molecule has 2 saturated carbocycles. The summed E-state index contributed by atoms with van der Waals surface area (Å²) in [7, 11) is 0. The van der Waals surface area contributed by atoms with Gasteiger partial charge >= 0.3 is 0 Å². The molecular weight excluding hydrogens is 370 g/mol. The molecule has 7 heteroatoms. The SMILES string of the molecule is CSN1CCC(Nc2ncc3cc(C)nc(C4CC(O)(C5CC5)C4)c3n2)CC1. The Hall–Kier alpha value is -1.44. The minimum Gasteiger partial charge on any atom is -0.390 e. The molecule has 28 heavy (non-hydrogen) atoms. The number of nitrogens with one attached hydrogen (secondary N) is 1. The summed E-state index contributed by atoms with van der Waals surface area (Å²) in [4.78, 5) is 14.3. The second-order valence-corrected chi connectivity index (χ2v) is 9.68. The molecule has 2 aromatic heterocycles. The maximum absolute atomic E-state index is 10.8. The highest BCUT2D eigenvalue weighted by Crippen LogP contribution is 2.56. The van der Waals surface area contributed by atoms with Crippen LogP contribution in [0.1, 0.15) is 55.8 Å². The van der Waals surface area contributed by atoms with Gasteiger partial charge in [0.2, 0.25) is 5.95 Å². The van der Waals surface area contributed by atoms with Gasteiger partial charge in [0.25, 0.3) is 0 Å². The van der Waals surface area contributed by atoms with Crippen LogP contribution in [-0.2, 0) is 0 Å². The Bertz CT molecular complexity index is 872. The number of nitrogens with zero attached hydrogens (tertiary/aromatic N) is 4. The number of hydrogen-bond donors (Lipinski definition) is 2. The first kappa shape index (κ1) is 18.6. The summed E-state index contributed by atoms with van der Waals surface area (Å²) in [6.07, 6.45) is 10.3. The van der Waals surface area contributed by atoms with E-state index in [-0.39, 0.29) is 0 Å². The van der Waals surface area contributed by atoms with E-state index in [2.05, 4.69) is 26.9 Å². The number of hydrogen-bond acceptors (Lipinski definition) is 7. The maximum atomic E-state index is 10.8. The summed E-state index contributed by atoms with van der Waals surface area (Å²) in [5.74, 6) is 1.53. The second-order valence-electron chi connectivity index (χ2n) is 8.79. The first-order valence-corrected chi connectivity index (χ1v) is 11.6. The number of aryl methyl sites for hydroxylation is 1. The van der Waals surface area contributed by atoms with E-state index in [0.717, 1.165) is 61.1 Å². The predicted octanol–water partition coefficient (Wildman–Crippen LogP) is 3.51. The van der Waals surface area contributed by atoms with E-state index in [1.807, 2.05) is 25.1 Å². The second kappa shape index (κ2) is 7.11. The molecule has 1 aliphatic heterocycles. The van der Waals surface area contributed by atoms with E-state index in [9.17, 15) is 5.11 Å². The van der Waals surface area contributed by atoms with Crippen LogP contribution in [0, 0.1) is 12.8 Å². The molecule has 3 fully saturated rings. The van der Waals surface area contributed by atoms with Gasteiger partial charge in [-0.1, -0.05) is 11.9 Å². The third-order valence-electron chi connectivity index (χ3n) is 6.69. The summed E-state index contributed by atoms with van der Waals surface area (Å²) in [5, 5.41) is 15.3. The lowest BCUT2D eigenvalue weighted by atomic mass is 9.66. The fraction of sp³-hybridized carbons (Fsp3) is 0.667. The highest BCUT2D eigenvalue weighted by molar-refractivity contribution is 7.96. The van der Waals surface area contributed by atoms with Gasteiger partial charge in [-0.05, 0) is 63.7 Å². The molecule has 0 aromatic carbocycles. The number of aromatic nitrogens is 3. The molecule has 0 atom stereocenters. The molecule has 3 heterocycles. The standard InChI is InChI=1S/C21H29N5OS/c1-13-9-14-12-22-20(24-17-5-7-26(28-2)8-6-17)25-18(14)19(23-13)15-10-21(27,11-15)16-3-4-16/h9,12,15-17,27H,3-8,10-11H2,1-2H3,(H,22,24,25). The van der Waals surface area contributed by atoms with Gasteiger partial charge in [-0.15, -0.1) is 0 Å². The van der Waals surface area contributed by atoms with E-state index in [1.165, 1.54) is 12.8 Å². The van der Waals surface area contributed by atoms with Gasteiger partial charge in [-0.3, -0.25) is 9.29 Å². The number of aliphatic hydroxyl groups is 1. The smallest absolute Gasteiger partial charge is 0.223 e. The van der Waals surface area contributed by atoms with E-state index >= 15 is 0 Å². The zero-order valence-corrected chi connectivity index (χ0v) is 17.5. The first-order chi connectivity index (χ1) is 13.5. The van der Waals surface area contributed by atoms with Crippen molar-refractivity contribution >= 4 is 28.8 Å². The molecule has 5 rings (SSSR count). The van der Waals surface area contributed by atoms with Crippen molar-refractivity contribution in [2.45, 2.75) is 63.0 Å². The van der Waals surface area contributed by atoms with Gasteiger partial charge in [0, 0.05) is 42.3 Å². The fourth-order valence-corrected chi connectivity index (χ4v) is 5.44. The largest absolute Gasteiger partial charge is 0.390 e. The third kappa shape index (κ3) is 3.48. The van der Waals surface area contributed by atoms with E-state index < -0.39 is 5.60 Å². The van der Waals surface area contributed by atoms with Gasteiger partial charge in [0.15, 0.2) is 0 Å². The fourth-order valence-electron chi connectivity index (χ4n) is 4.86. The lowest BCUT2D eigenvalue weighted by Gasteiger charge is -2.44. The Kier molecular flexibility index (Phi) is 4.72. The van der Waals surface area contributed by atoms with Gasteiger partial charge in [0.05, 0.1) is 16.8 Å². The van der Waals surface area contributed by atoms with Crippen LogP contribution in [0.25, 0.3) is 10.9 Å². The Morgan fingerprint density at radius 2 is 1.93 bits per heavy atom. The van der Waals surface area contributed by atoms with Crippen LogP contribution >= 0.6 is 11.9 Å². The van der Waals surface area contributed by atoms with Crippen LogP contribution in [0.5, 0.6) is 0 Å². The van der Waals surface area contributed by atoms with Crippen molar-refractivity contribution in [3.63, 3.8) is 0 Å². The summed E-state index contributed by atoms with van der Waals surface area (Å²) < 4.78 is 2.40. The van der Waals surface area contributed by atoms with E-state index in [0.29, 0.717) is 23.8 Å². The van der Waals surface area contributed by atoms with Crippen molar-refractivity contribution < 1.29 is 5.11 Å². The van der Waals surface area contributed by atoms with Gasteiger partial charge < -0.3 is 10.4 Å². The predicted molar refractivity (Wildman–Crippen MR) is 113 cm³/mol. The molecule has 6 nitrogen and oxygen atoms in total. The summed E-state index contributed by atoms with van der Waals surface area (Å²) in [6.45, 7) is 4.22. The summed E-state index contributed by atoms with van der Waals surface area (Å²) >= 11 is 1.82. The molecule has 3 aliphatic rings. The van der Waals surface area contributed by atoms with Crippen molar-refractivity contribution in [1.82, 2.24) is 19.3 Å². The van der Waals surface area contributed by atoms with E-state index in [1.54, 1.807) is 0 Å². The quantitative estimate of drug-likeness (QED) is 0.745. The van der Waals surface area contributed by atoms with Crippen LogP contribution in [0.2, 0.25) is 0 Å². The Morgan fingerprint density at radius 1 is 1.18 bits per heavy atom. The third-order valence-corrected chi connectivity index (χ3v) is 7.57. The molecule has 0 radical (unpaired) electrons. The van der Waals surface area contributed by atoms with Crippen molar-refractivity contribution in [3.05, 3.63) is 23.7 Å². The molecule has 1 saturated heterocycles. The van der Waals surface area contributed by atoms with Crippen LogP contribution in [-0.4, -0.2) is 55.4 Å². The highest BCUT2D eigenvalue weighted by atomic mass is 32.2. The van der Waals surface area contributed by atoms with Crippen molar-refractivity contribution in [3.8, 4) is 0 Å². The lowest BCUT2D eigenvalue weighted by Crippen LogP contribution is -2.44. The number of piperidine rings is 1. The van der Waals surface area contributed by atoms with Crippen LogP contribution < -0.4 is 5.32 Å². The molecular formula is C21H29N5OS. The number of anilines is 1. The van der Waals surface area contributed by atoms with Crippen molar-refractivity contribution in [2.75, 3.05) is 24.7 Å². The zero-order chi connectivity index (χ0) is 19.3. The number of rotatable bonds is 5. The monoisotopic (exact) mass is 399 g/mol. The summed E-state index contributed by atoms with van der Waals surface area (Å²) in [6, 6.07) is 2.48. The van der Waals surface area contributed by atoms with Crippen LogP contribution in [0.3, 0.4) is 0 Å². The lowest BCUT2D eigenvalue weighted by molar-refractivity contribution is -0.0685. The average molecular weight is 400 g/mol. The topological polar surface area (TPSA) is 74.2 Å². The molecule has 0 bridgehead atoms. The highest BCUT2D eigenvalue weighted by Gasteiger charge is 2.53. The Morgan fingerprint density at radius 3 is 2.61 bits per heavy atom. The normalized spacial score (nSPS) is 29.0. The van der Waals surface area contributed by atoms with Gasteiger partial charge in [-0.2, -0.15) is 0 Å². The summed E-state index contributed by atoms with van der Waals surface area (Å²) in [5.41, 5.74) is 2.54. The number of fused-ring (bicyclic) bond motifs is 1. The minimum atomic E-state index is -0.457. The van der Waals surface area contributed by atoms with E-state index in [4.69, 9.17) is 9.97 Å². The van der Waals surface area contributed by atoms with Gasteiger partial charge in [0.1, 0.15) is 0 Å². The zero-order valence-electron chi connectivity index (χ0n) is 16.7. The van der Waals surface area contributed by atoms with Gasteiger partial charge in [-0.25, -0.2) is 9.97 Å². The first-order valence-electron chi connectivity index (χ1n) is 10.5. The van der Waals surface area contributed by atoms with Crippen LogP contribution in [0.4, 0.5) is 5.95 Å². The van der Waals surface area contributed by atoms with Crippen molar-refractivity contribution in [1.29, 1.82) is 0 Å². The molecule has 2 aromatic rings. The minimum absolute atomic E-state index is 0.306. The molecule has 2 aliphatic carbocycles. The molecule has 0 spiro atoms. The van der Waals surface area contributed by atoms with Crippen molar-refractivity contribution in [2.24, 2.45) is 5.92 Å². The average Bonchev–Trinajstić information content (AvgIpc) is 3.51. The van der Waals surface area contributed by atoms with Crippen LogP contribution in [0.15, 0.2) is 12.3 Å². The Labute approximate surface area is 170 Å².